The van der Waals surface area contributed by atoms with Crippen molar-refractivity contribution in [1.29, 1.82) is 0 Å². The molecule has 4 heterocycles. The van der Waals surface area contributed by atoms with Crippen LogP contribution in [0.4, 0.5) is 0 Å². The Hall–Kier alpha value is -3.75. The van der Waals surface area contributed by atoms with E-state index in [1.54, 1.807) is 31.1 Å². The highest BCUT2D eigenvalue weighted by Gasteiger charge is 1.91. The van der Waals surface area contributed by atoms with Gasteiger partial charge in [0.25, 0.3) is 0 Å². The maximum Gasteiger partial charge on any atom is 0.129 e. The molecule has 0 unspecified atom stereocenters. The average Bonchev–Trinajstić information content (AvgIpc) is 2.89. The first-order valence-electron chi connectivity index (χ1n) is 13.5. The summed E-state index contributed by atoms with van der Waals surface area (Å²) in [6, 6.07) is 1.94. The van der Waals surface area contributed by atoms with Crippen LogP contribution in [0.2, 0.25) is 0 Å². The van der Waals surface area contributed by atoms with Crippen molar-refractivity contribution in [1.82, 2.24) is 44.9 Å². The maximum absolute atomic E-state index is 4.11. The number of nitrogens with zero attached hydrogens (tertiary/aromatic N) is 9. The number of aromatic nitrogens is 9. The molecule has 4 aromatic heterocycles. The lowest BCUT2D eigenvalue weighted by Gasteiger charge is -1.94. The number of hydrogen-bond acceptors (Lipinski definition) is 9. The molecular formula is C30H51N9. The number of hydrogen-bond donors (Lipinski definition) is 0. The second-order valence-corrected chi connectivity index (χ2v) is 7.38. The fourth-order valence-corrected chi connectivity index (χ4v) is 2.41. The summed E-state index contributed by atoms with van der Waals surface area (Å²) in [7, 11) is 0. The second-order valence-electron chi connectivity index (χ2n) is 7.38. The van der Waals surface area contributed by atoms with Crippen molar-refractivity contribution >= 4 is 0 Å². The largest absolute Gasteiger partial charge is 0.261 e. The molecule has 4 rings (SSSR count). The molecule has 0 aliphatic rings. The second kappa shape index (κ2) is 25.9. The van der Waals surface area contributed by atoms with Crippen LogP contribution in [0.15, 0.2) is 37.2 Å². The van der Waals surface area contributed by atoms with Crippen LogP contribution < -0.4 is 0 Å². The molecule has 216 valence electrons. The highest BCUT2D eigenvalue weighted by atomic mass is 15.0. The van der Waals surface area contributed by atoms with Gasteiger partial charge in [0.15, 0.2) is 0 Å². The van der Waals surface area contributed by atoms with Crippen LogP contribution in [-0.2, 0) is 0 Å². The van der Waals surface area contributed by atoms with Gasteiger partial charge in [-0.3, -0.25) is 19.9 Å². The standard InChI is InChI=1S/C6H9N3.3C6H8N2.3C2H6/c1-4-7-5(2)9-6(3)8-4;1-5-3-8-6(2)4-7-5;1-5-3-7-4-6(2)8-5;1-5-3-6(2)8-4-7-5;3*1-2/h1-3H3;3*3-4H,1-2H3;3*1-2H3. The zero-order valence-corrected chi connectivity index (χ0v) is 27.0. The number of aryl methyl sites for hydroxylation is 9. The van der Waals surface area contributed by atoms with Crippen LogP contribution in [-0.4, -0.2) is 44.9 Å². The molecule has 9 heteroatoms. The predicted molar refractivity (Wildman–Crippen MR) is 163 cm³/mol. The van der Waals surface area contributed by atoms with Gasteiger partial charge in [0.05, 0.1) is 22.8 Å². The Balaban J connectivity index is -0.000000416. The normalized spacial score (nSPS) is 8.38. The number of rotatable bonds is 0. The zero-order chi connectivity index (χ0) is 30.8. The minimum absolute atomic E-state index is 0.792. The Morgan fingerprint density at radius 3 is 0.897 bits per heavy atom. The molecule has 0 atom stereocenters. The fraction of sp³-hybridized carbons (Fsp3) is 0.500. The molecule has 0 aliphatic heterocycles. The predicted octanol–water partition coefficient (Wildman–Crippen LogP) is 7.16. The first-order valence-corrected chi connectivity index (χ1v) is 13.5. The van der Waals surface area contributed by atoms with E-state index >= 15 is 0 Å². The van der Waals surface area contributed by atoms with Crippen molar-refractivity contribution < 1.29 is 0 Å². The minimum Gasteiger partial charge on any atom is -0.261 e. The lowest BCUT2D eigenvalue weighted by Crippen LogP contribution is -1.97. The molecule has 0 radical (unpaired) electrons. The summed E-state index contributed by atoms with van der Waals surface area (Å²) in [6.07, 6.45) is 8.58. The van der Waals surface area contributed by atoms with Gasteiger partial charge in [0, 0.05) is 36.2 Å². The highest BCUT2D eigenvalue weighted by Crippen LogP contribution is 1.92. The molecule has 0 bridgehead atoms. The van der Waals surface area contributed by atoms with Crippen molar-refractivity contribution in [2.45, 2.75) is 104 Å². The van der Waals surface area contributed by atoms with E-state index in [0.717, 1.165) is 51.6 Å². The van der Waals surface area contributed by atoms with Gasteiger partial charge in [-0.05, 0) is 68.4 Å². The zero-order valence-electron chi connectivity index (χ0n) is 27.0. The van der Waals surface area contributed by atoms with Crippen LogP contribution in [0, 0.1) is 62.3 Å². The summed E-state index contributed by atoms with van der Waals surface area (Å²) in [5, 5.41) is 0. The van der Waals surface area contributed by atoms with Crippen LogP contribution in [0.5, 0.6) is 0 Å². The van der Waals surface area contributed by atoms with Gasteiger partial charge >= 0.3 is 0 Å². The Morgan fingerprint density at radius 2 is 0.692 bits per heavy atom. The molecule has 4 aromatic rings. The third-order valence-electron chi connectivity index (χ3n) is 3.70. The summed E-state index contributed by atoms with van der Waals surface area (Å²) in [5.74, 6) is 2.38. The van der Waals surface area contributed by atoms with Gasteiger partial charge in [-0.2, -0.15) is 0 Å². The van der Waals surface area contributed by atoms with Gasteiger partial charge in [-0.15, -0.1) is 0 Å². The van der Waals surface area contributed by atoms with Gasteiger partial charge in [0.2, 0.25) is 0 Å². The third kappa shape index (κ3) is 24.3. The molecular weight excluding hydrogens is 486 g/mol. The van der Waals surface area contributed by atoms with E-state index in [9.17, 15) is 0 Å². The van der Waals surface area contributed by atoms with E-state index in [1.165, 1.54) is 0 Å². The molecule has 9 nitrogen and oxygen atoms in total. The first kappa shape index (κ1) is 39.8. The van der Waals surface area contributed by atoms with E-state index in [2.05, 4.69) is 44.9 Å². The highest BCUT2D eigenvalue weighted by molar-refractivity contribution is 5.03. The van der Waals surface area contributed by atoms with Crippen LogP contribution in [0.3, 0.4) is 0 Å². The van der Waals surface area contributed by atoms with E-state index < -0.39 is 0 Å². The Morgan fingerprint density at radius 1 is 0.359 bits per heavy atom. The van der Waals surface area contributed by atoms with E-state index in [4.69, 9.17) is 0 Å². The monoisotopic (exact) mass is 537 g/mol. The lowest BCUT2D eigenvalue weighted by molar-refractivity contribution is 0.875. The topological polar surface area (TPSA) is 116 Å². The molecule has 0 aliphatic carbocycles. The Bertz CT molecular complexity index is 966. The van der Waals surface area contributed by atoms with Crippen molar-refractivity contribution in [3.63, 3.8) is 0 Å². The molecule has 0 fully saturated rings. The summed E-state index contributed by atoms with van der Waals surface area (Å²) in [5.41, 5.74) is 5.94. The van der Waals surface area contributed by atoms with Crippen LogP contribution in [0.1, 0.15) is 93.2 Å². The molecule has 39 heavy (non-hydrogen) atoms. The minimum atomic E-state index is 0.792. The maximum atomic E-state index is 4.11. The summed E-state index contributed by atoms with van der Waals surface area (Å²) >= 11 is 0. The quantitative estimate of drug-likeness (QED) is 0.230. The van der Waals surface area contributed by atoms with Gasteiger partial charge < -0.3 is 0 Å². The Kier molecular flexibility index (Phi) is 26.4. The molecule has 0 saturated heterocycles. The molecule has 0 saturated carbocycles. The van der Waals surface area contributed by atoms with Gasteiger partial charge in [0.1, 0.15) is 23.8 Å². The SMILES string of the molecule is CC.CC.CC.Cc1cc(C)ncn1.Cc1cnc(C)cn1.Cc1cncc(C)n1.Cc1nc(C)nc(C)n1. The fourth-order valence-electron chi connectivity index (χ4n) is 2.41. The average molecular weight is 538 g/mol. The van der Waals surface area contributed by atoms with Crippen LogP contribution in [0.25, 0.3) is 0 Å². The van der Waals surface area contributed by atoms with Crippen molar-refractivity contribution in [2.24, 2.45) is 0 Å². The molecule has 0 N–H and O–H groups in total. The smallest absolute Gasteiger partial charge is 0.129 e. The molecule has 0 amide bonds. The summed E-state index contributed by atoms with van der Waals surface area (Å²) in [4.78, 5) is 36.0. The van der Waals surface area contributed by atoms with Crippen molar-refractivity contribution in [3.8, 4) is 0 Å². The molecule has 0 spiro atoms. The van der Waals surface area contributed by atoms with E-state index in [1.807, 2.05) is 110 Å². The lowest BCUT2D eigenvalue weighted by atomic mass is 10.4. The van der Waals surface area contributed by atoms with E-state index in [-0.39, 0.29) is 0 Å². The van der Waals surface area contributed by atoms with Gasteiger partial charge in [-0.25, -0.2) is 24.9 Å². The van der Waals surface area contributed by atoms with Gasteiger partial charge in [-0.1, -0.05) is 41.5 Å². The first-order chi connectivity index (χ1) is 18.5. The van der Waals surface area contributed by atoms with E-state index in [0.29, 0.717) is 0 Å². The third-order valence-corrected chi connectivity index (χ3v) is 3.70. The van der Waals surface area contributed by atoms with Crippen LogP contribution >= 0.6 is 0 Å². The summed E-state index contributed by atoms with van der Waals surface area (Å²) in [6.45, 7) is 29.2. The van der Waals surface area contributed by atoms with Crippen molar-refractivity contribution in [3.05, 3.63) is 88.8 Å². The van der Waals surface area contributed by atoms with Crippen molar-refractivity contribution in [2.75, 3.05) is 0 Å². The Labute approximate surface area is 237 Å². The summed E-state index contributed by atoms with van der Waals surface area (Å²) < 4.78 is 0. The molecule has 0 aromatic carbocycles.